The van der Waals surface area contributed by atoms with Crippen LogP contribution in [-0.4, -0.2) is 76.4 Å². The van der Waals surface area contributed by atoms with Crippen LogP contribution in [0.5, 0.6) is 0 Å². The number of hydrogen-bond acceptors (Lipinski definition) is 5. The van der Waals surface area contributed by atoms with Crippen LogP contribution in [0.4, 0.5) is 0 Å². The molecular weight excluding hydrogens is 799 g/mol. The number of ether oxygens (including phenoxy) is 4. The predicted octanol–water partition coefficient (Wildman–Crippen LogP) is 16.5. The van der Waals surface area contributed by atoms with Crippen LogP contribution in [0.3, 0.4) is 0 Å². The van der Waals surface area contributed by atoms with E-state index in [1.54, 1.807) is 5.57 Å². The fraction of sp³-hybridized carbons (Fsp3) is 0.933. The van der Waals surface area contributed by atoms with E-state index >= 15 is 0 Å². The first-order valence-electron chi connectivity index (χ1n) is 29.2. The van der Waals surface area contributed by atoms with Crippen molar-refractivity contribution in [2.75, 3.05) is 59.3 Å². The summed E-state index contributed by atoms with van der Waals surface area (Å²) in [6, 6.07) is 0. The van der Waals surface area contributed by atoms with Crippen molar-refractivity contribution < 1.29 is 18.9 Å². The third-order valence-electron chi connectivity index (χ3n) is 18.1. The van der Waals surface area contributed by atoms with Gasteiger partial charge in [-0.05, 0) is 169 Å². The standard InChI is InChI=1S/C60H109NO4/c1-7-8-9-10-11-12-13-14-15-16-17-18-19-20-23-26-42-63-49-54(48-61-40-24-21-22-25-41-61)65-46-29-44-62-43-28-45-64-53-36-38-59(5)52(47-53)32-33-55-57-35-34-56(51(4)31-27-30-50(2)3)60(57,6)39-37-58(55)59/h14-15,32,50-51,53-58H,7-13,16-31,33-49H2,1-6H3/b15-14-/t51-,53-,54?,55-,56-,57+,58+,59-,60+/m0/s1. The van der Waals surface area contributed by atoms with E-state index < -0.39 is 0 Å². The van der Waals surface area contributed by atoms with Crippen molar-refractivity contribution in [2.45, 2.75) is 253 Å². The highest BCUT2D eigenvalue weighted by Gasteiger charge is 2.59. The maximum absolute atomic E-state index is 6.57. The maximum atomic E-state index is 6.57. The van der Waals surface area contributed by atoms with E-state index in [-0.39, 0.29) is 6.10 Å². The van der Waals surface area contributed by atoms with E-state index in [9.17, 15) is 0 Å². The monoisotopic (exact) mass is 908 g/mol. The summed E-state index contributed by atoms with van der Waals surface area (Å²) < 4.78 is 25.4. The topological polar surface area (TPSA) is 40.2 Å². The smallest absolute Gasteiger partial charge is 0.0934 e. The summed E-state index contributed by atoms with van der Waals surface area (Å²) in [4.78, 5) is 2.63. The molecule has 65 heavy (non-hydrogen) atoms. The Balaban J connectivity index is 0.890. The third kappa shape index (κ3) is 18.8. The van der Waals surface area contributed by atoms with Gasteiger partial charge in [0.1, 0.15) is 0 Å². The van der Waals surface area contributed by atoms with E-state index in [0.29, 0.717) is 16.9 Å². The highest BCUT2D eigenvalue weighted by Crippen LogP contribution is 2.67. The van der Waals surface area contributed by atoms with Crippen LogP contribution in [-0.2, 0) is 18.9 Å². The molecule has 0 spiro atoms. The average molecular weight is 909 g/mol. The Morgan fingerprint density at radius 3 is 2.06 bits per heavy atom. The second kappa shape index (κ2) is 31.5. The Morgan fingerprint density at radius 2 is 1.34 bits per heavy atom. The van der Waals surface area contributed by atoms with Crippen LogP contribution < -0.4 is 0 Å². The SMILES string of the molecule is CCCCCCCC/C=C\CCCCCCCCOCC(CN1CCCCCC1)OCCCOCCCO[C@H]1CC[C@@]2(C)C(=CC[C@H]3[C@H]4CC[C@@H]([C@@H](C)CCCC(C)C)[C@@]4(C)CC[C@H]32)C1. The van der Waals surface area contributed by atoms with Crippen LogP contribution in [0.1, 0.15) is 241 Å². The Labute approximate surface area is 404 Å². The van der Waals surface area contributed by atoms with Gasteiger partial charge < -0.3 is 23.8 Å². The largest absolute Gasteiger partial charge is 0.381 e. The lowest BCUT2D eigenvalue weighted by molar-refractivity contribution is -0.0651. The molecule has 5 heteroatoms. The van der Waals surface area contributed by atoms with E-state index in [0.717, 1.165) is 101 Å². The third-order valence-corrected chi connectivity index (χ3v) is 18.1. The number of hydrogen-bond donors (Lipinski definition) is 0. The highest BCUT2D eigenvalue weighted by molar-refractivity contribution is 5.25. The van der Waals surface area contributed by atoms with Crippen molar-refractivity contribution in [2.24, 2.45) is 46.3 Å². The zero-order chi connectivity index (χ0) is 46.0. The van der Waals surface area contributed by atoms with Crippen molar-refractivity contribution in [3.8, 4) is 0 Å². The Bertz CT molecular complexity index is 1270. The minimum absolute atomic E-state index is 0.157. The maximum Gasteiger partial charge on any atom is 0.0934 e. The first-order valence-corrected chi connectivity index (χ1v) is 29.2. The summed E-state index contributed by atoms with van der Waals surface area (Å²) in [5.41, 5.74) is 2.73. The number of likely N-dealkylation sites (tertiary alicyclic amines) is 1. The van der Waals surface area contributed by atoms with Crippen molar-refractivity contribution in [3.05, 3.63) is 23.8 Å². The number of rotatable bonds is 35. The van der Waals surface area contributed by atoms with Gasteiger partial charge in [0.05, 0.1) is 18.8 Å². The number of unbranched alkanes of at least 4 members (excludes halogenated alkanes) is 12. The molecule has 1 saturated heterocycles. The molecule has 0 amide bonds. The fourth-order valence-electron chi connectivity index (χ4n) is 14.1. The minimum atomic E-state index is 0.157. The summed E-state index contributed by atoms with van der Waals surface area (Å²) in [5, 5.41) is 0. The van der Waals surface area contributed by atoms with Crippen molar-refractivity contribution in [1.29, 1.82) is 0 Å². The first-order chi connectivity index (χ1) is 31.7. The zero-order valence-corrected chi connectivity index (χ0v) is 44.2. The molecule has 4 aliphatic carbocycles. The summed E-state index contributed by atoms with van der Waals surface area (Å²) in [5.74, 6) is 5.41. The molecule has 4 fully saturated rings. The lowest BCUT2D eigenvalue weighted by Gasteiger charge is -2.58. The molecule has 1 unspecified atom stereocenters. The normalized spacial score (nSPS) is 29.4. The van der Waals surface area contributed by atoms with Gasteiger partial charge in [0, 0.05) is 39.6 Å². The van der Waals surface area contributed by atoms with Gasteiger partial charge in [0.15, 0.2) is 0 Å². The molecule has 1 aliphatic heterocycles. The van der Waals surface area contributed by atoms with Gasteiger partial charge in [-0.1, -0.05) is 155 Å². The number of fused-ring (bicyclic) bond motifs is 5. The highest BCUT2D eigenvalue weighted by atomic mass is 16.5. The van der Waals surface area contributed by atoms with E-state index in [4.69, 9.17) is 18.9 Å². The molecule has 0 aromatic heterocycles. The summed E-state index contributed by atoms with van der Waals surface area (Å²) in [6.07, 6.45) is 49.4. The molecule has 3 saturated carbocycles. The summed E-state index contributed by atoms with van der Waals surface area (Å²) in [7, 11) is 0. The van der Waals surface area contributed by atoms with Gasteiger partial charge >= 0.3 is 0 Å². The van der Waals surface area contributed by atoms with Crippen molar-refractivity contribution in [1.82, 2.24) is 4.90 Å². The Kier molecular flexibility index (Phi) is 26.8. The molecule has 0 radical (unpaired) electrons. The average Bonchev–Trinajstić information content (AvgIpc) is 3.45. The molecule has 0 N–H and O–H groups in total. The Hall–Kier alpha value is -0.720. The molecule has 5 rings (SSSR count). The summed E-state index contributed by atoms with van der Waals surface area (Å²) >= 11 is 0. The molecule has 0 aromatic rings. The lowest BCUT2D eigenvalue weighted by Crippen LogP contribution is -2.51. The van der Waals surface area contributed by atoms with Crippen LogP contribution >= 0.6 is 0 Å². The molecular formula is C60H109NO4. The lowest BCUT2D eigenvalue weighted by atomic mass is 9.47. The molecule has 1 heterocycles. The van der Waals surface area contributed by atoms with Gasteiger partial charge in [-0.15, -0.1) is 0 Å². The van der Waals surface area contributed by atoms with Crippen molar-refractivity contribution >= 4 is 0 Å². The van der Waals surface area contributed by atoms with Gasteiger partial charge in [-0.25, -0.2) is 0 Å². The van der Waals surface area contributed by atoms with E-state index in [2.05, 4.69) is 64.7 Å². The fourth-order valence-corrected chi connectivity index (χ4v) is 14.1. The summed E-state index contributed by atoms with van der Waals surface area (Å²) in [6.45, 7) is 23.2. The van der Waals surface area contributed by atoms with E-state index in [1.165, 1.54) is 193 Å². The van der Waals surface area contributed by atoms with Crippen LogP contribution in [0, 0.1) is 46.3 Å². The van der Waals surface area contributed by atoms with Gasteiger partial charge in [-0.3, -0.25) is 0 Å². The first kappa shape index (κ1) is 55.2. The molecule has 0 bridgehead atoms. The Morgan fingerprint density at radius 1 is 0.662 bits per heavy atom. The van der Waals surface area contributed by atoms with Gasteiger partial charge in [0.2, 0.25) is 0 Å². The number of allylic oxidation sites excluding steroid dienone is 3. The molecule has 5 aliphatic rings. The molecule has 5 nitrogen and oxygen atoms in total. The van der Waals surface area contributed by atoms with Crippen LogP contribution in [0.25, 0.3) is 0 Å². The van der Waals surface area contributed by atoms with E-state index in [1.807, 2.05) is 0 Å². The molecule has 378 valence electrons. The molecule has 9 atom stereocenters. The second-order valence-electron chi connectivity index (χ2n) is 23.6. The predicted molar refractivity (Wildman–Crippen MR) is 278 cm³/mol. The zero-order valence-electron chi connectivity index (χ0n) is 44.2. The van der Waals surface area contributed by atoms with Crippen LogP contribution in [0.15, 0.2) is 23.8 Å². The van der Waals surface area contributed by atoms with Crippen molar-refractivity contribution in [3.63, 3.8) is 0 Å². The minimum Gasteiger partial charge on any atom is -0.381 e. The van der Waals surface area contributed by atoms with Gasteiger partial charge in [0.25, 0.3) is 0 Å². The number of nitrogens with zero attached hydrogens (tertiary/aromatic N) is 1. The van der Waals surface area contributed by atoms with Gasteiger partial charge in [-0.2, -0.15) is 0 Å². The quantitative estimate of drug-likeness (QED) is 0.0468. The second-order valence-corrected chi connectivity index (χ2v) is 23.6. The molecule has 0 aromatic carbocycles. The van der Waals surface area contributed by atoms with Crippen LogP contribution in [0.2, 0.25) is 0 Å².